The van der Waals surface area contributed by atoms with Gasteiger partial charge in [0.2, 0.25) is 0 Å². The van der Waals surface area contributed by atoms with Gasteiger partial charge in [0.05, 0.1) is 6.42 Å². The van der Waals surface area contributed by atoms with Gasteiger partial charge in [-0.25, -0.2) is 5.21 Å². The highest BCUT2D eigenvalue weighted by atomic mass is 16.5. The Morgan fingerprint density at radius 2 is 1.80 bits per heavy atom. The smallest absolute Gasteiger partial charge is 0.112 e. The maximum atomic E-state index is 8.36. The maximum Gasteiger partial charge on any atom is 0.112 e. The van der Waals surface area contributed by atoms with Gasteiger partial charge < -0.3 is 0 Å². The SMILES string of the molecule is O[NH+]1CCC1. The van der Waals surface area contributed by atoms with Crippen LogP contribution in [0.1, 0.15) is 6.42 Å². The van der Waals surface area contributed by atoms with Crippen molar-refractivity contribution >= 4 is 0 Å². The Bertz CT molecular complexity index is 33.9. The third-order valence-corrected chi connectivity index (χ3v) is 0.931. The van der Waals surface area contributed by atoms with Crippen LogP contribution in [0, 0.1) is 0 Å². The lowest BCUT2D eigenvalue weighted by Crippen LogP contribution is -3.15. The molecule has 30 valence electrons. The summed E-state index contributed by atoms with van der Waals surface area (Å²) < 4.78 is 0. The Hall–Kier alpha value is -0.0800. The average molecular weight is 74.1 g/mol. The van der Waals surface area contributed by atoms with E-state index in [-0.39, 0.29) is 0 Å². The molecule has 1 rings (SSSR count). The molecule has 0 atom stereocenters. The van der Waals surface area contributed by atoms with Crippen LogP contribution < -0.4 is 5.06 Å². The Morgan fingerprint density at radius 1 is 1.40 bits per heavy atom. The van der Waals surface area contributed by atoms with E-state index < -0.39 is 0 Å². The van der Waals surface area contributed by atoms with Crippen LogP contribution in [0.3, 0.4) is 0 Å². The summed E-state index contributed by atoms with van der Waals surface area (Å²) in [5, 5.41) is 9.05. The molecule has 1 aliphatic heterocycles. The van der Waals surface area contributed by atoms with E-state index in [0.717, 1.165) is 13.1 Å². The van der Waals surface area contributed by atoms with E-state index in [1.807, 2.05) is 0 Å². The maximum absolute atomic E-state index is 8.36. The summed E-state index contributed by atoms with van der Waals surface area (Å²) in [6.07, 6.45) is 1.20. The first-order valence-electron chi connectivity index (χ1n) is 1.93. The quantitative estimate of drug-likeness (QED) is 0.365. The molecule has 0 saturated carbocycles. The predicted octanol–water partition coefficient (Wildman–Crippen LogP) is -1.34. The number of hydrogen-bond donors (Lipinski definition) is 2. The molecule has 0 aromatic rings. The van der Waals surface area contributed by atoms with E-state index in [4.69, 9.17) is 5.21 Å². The molecule has 1 fully saturated rings. The van der Waals surface area contributed by atoms with Gasteiger partial charge in [-0.3, -0.25) is 0 Å². The van der Waals surface area contributed by atoms with Gasteiger partial charge in [0.1, 0.15) is 13.1 Å². The van der Waals surface area contributed by atoms with E-state index in [0.29, 0.717) is 5.06 Å². The van der Waals surface area contributed by atoms with Crippen molar-refractivity contribution in [2.75, 3.05) is 13.1 Å². The molecule has 0 aromatic carbocycles. The monoisotopic (exact) mass is 74.1 g/mol. The second-order valence-corrected chi connectivity index (χ2v) is 1.42. The molecule has 0 unspecified atom stereocenters. The molecule has 1 heterocycles. The minimum atomic E-state index is 0.685. The number of hydrogen-bond acceptors (Lipinski definition) is 1. The first-order chi connectivity index (χ1) is 2.39. The molecular formula is C3H8NO+. The molecule has 2 N–H and O–H groups in total. The molecular weight excluding hydrogens is 66.0 g/mol. The molecule has 0 spiro atoms. The van der Waals surface area contributed by atoms with Crippen molar-refractivity contribution in [3.8, 4) is 0 Å². The van der Waals surface area contributed by atoms with Gasteiger partial charge in [-0.2, -0.15) is 5.06 Å². The number of nitrogens with one attached hydrogen (secondary N) is 1. The second-order valence-electron chi connectivity index (χ2n) is 1.42. The lowest BCUT2D eigenvalue weighted by atomic mass is 10.3. The van der Waals surface area contributed by atoms with Gasteiger partial charge in [-0.1, -0.05) is 0 Å². The lowest BCUT2D eigenvalue weighted by molar-refractivity contribution is -1.12. The summed E-state index contributed by atoms with van der Waals surface area (Å²) in [6, 6.07) is 0. The van der Waals surface area contributed by atoms with Crippen molar-refractivity contribution in [2.45, 2.75) is 6.42 Å². The fraction of sp³-hybridized carbons (Fsp3) is 1.00. The van der Waals surface area contributed by atoms with Crippen LogP contribution in [0.5, 0.6) is 0 Å². The summed E-state index contributed by atoms with van der Waals surface area (Å²) in [5.74, 6) is 0. The van der Waals surface area contributed by atoms with Crippen LogP contribution in [-0.4, -0.2) is 18.3 Å². The molecule has 2 nitrogen and oxygen atoms in total. The van der Waals surface area contributed by atoms with Gasteiger partial charge >= 0.3 is 0 Å². The van der Waals surface area contributed by atoms with E-state index in [2.05, 4.69) is 0 Å². The van der Waals surface area contributed by atoms with Crippen molar-refractivity contribution in [1.29, 1.82) is 0 Å². The van der Waals surface area contributed by atoms with E-state index >= 15 is 0 Å². The summed E-state index contributed by atoms with van der Waals surface area (Å²) in [5.41, 5.74) is 0. The van der Waals surface area contributed by atoms with Crippen LogP contribution >= 0.6 is 0 Å². The van der Waals surface area contributed by atoms with Gasteiger partial charge in [0.25, 0.3) is 0 Å². The Balaban J connectivity index is 2.08. The molecule has 0 radical (unpaired) electrons. The molecule has 0 bridgehead atoms. The lowest BCUT2D eigenvalue weighted by Gasteiger charge is -2.16. The van der Waals surface area contributed by atoms with Crippen molar-refractivity contribution in [1.82, 2.24) is 0 Å². The molecule has 2 heteroatoms. The normalized spacial score (nSPS) is 25.8. The molecule has 1 aliphatic rings. The van der Waals surface area contributed by atoms with Gasteiger partial charge in [-0.15, -0.1) is 0 Å². The fourth-order valence-corrected chi connectivity index (χ4v) is 0.335. The van der Waals surface area contributed by atoms with Crippen LogP contribution in [0.2, 0.25) is 0 Å². The predicted molar refractivity (Wildman–Crippen MR) is 17.1 cm³/mol. The van der Waals surface area contributed by atoms with Gasteiger partial charge in [0.15, 0.2) is 0 Å². The molecule has 0 amide bonds. The van der Waals surface area contributed by atoms with Crippen molar-refractivity contribution in [2.24, 2.45) is 0 Å². The van der Waals surface area contributed by atoms with E-state index in [1.165, 1.54) is 6.42 Å². The van der Waals surface area contributed by atoms with Gasteiger partial charge in [0, 0.05) is 0 Å². The zero-order valence-electron chi connectivity index (χ0n) is 3.07. The first kappa shape index (κ1) is 3.12. The highest BCUT2D eigenvalue weighted by molar-refractivity contribution is 4.34. The minimum Gasteiger partial charge on any atom is -0.219 e. The Labute approximate surface area is 31.0 Å². The molecule has 0 aromatic heterocycles. The molecule has 1 saturated heterocycles. The van der Waals surface area contributed by atoms with E-state index in [9.17, 15) is 0 Å². The topological polar surface area (TPSA) is 24.7 Å². The first-order valence-corrected chi connectivity index (χ1v) is 1.93. The number of quaternary nitrogens is 1. The van der Waals surface area contributed by atoms with Crippen LogP contribution in [0.25, 0.3) is 0 Å². The minimum absolute atomic E-state index is 0.685. The van der Waals surface area contributed by atoms with Crippen LogP contribution in [-0.2, 0) is 0 Å². The molecule has 5 heavy (non-hydrogen) atoms. The van der Waals surface area contributed by atoms with E-state index in [1.54, 1.807) is 0 Å². The van der Waals surface area contributed by atoms with Crippen molar-refractivity contribution in [3.63, 3.8) is 0 Å². The van der Waals surface area contributed by atoms with Gasteiger partial charge in [-0.05, 0) is 0 Å². The summed E-state index contributed by atoms with van der Waals surface area (Å²) in [6.45, 7) is 1.92. The Kier molecular flexibility index (Phi) is 0.596. The average Bonchev–Trinajstić information content (AvgIpc) is 1.30. The number of hydroxylamine groups is 2. The standard InChI is InChI=1S/C3H7NO/c5-4-2-1-3-4/h5H,1-3H2/p+1. The summed E-state index contributed by atoms with van der Waals surface area (Å²) in [7, 11) is 0. The van der Waals surface area contributed by atoms with Crippen molar-refractivity contribution in [3.05, 3.63) is 0 Å². The highest BCUT2D eigenvalue weighted by Crippen LogP contribution is 1.71. The third-order valence-electron chi connectivity index (χ3n) is 0.931. The van der Waals surface area contributed by atoms with Crippen LogP contribution in [0.15, 0.2) is 0 Å². The number of rotatable bonds is 0. The highest BCUT2D eigenvalue weighted by Gasteiger charge is 2.13. The summed E-state index contributed by atoms with van der Waals surface area (Å²) >= 11 is 0. The largest absolute Gasteiger partial charge is 0.219 e. The van der Waals surface area contributed by atoms with Crippen LogP contribution in [0.4, 0.5) is 0 Å². The Morgan fingerprint density at radius 3 is 1.80 bits per heavy atom. The molecule has 0 aliphatic carbocycles. The zero-order chi connectivity index (χ0) is 3.70. The zero-order valence-corrected chi connectivity index (χ0v) is 3.07. The third kappa shape index (κ3) is 0.412. The second kappa shape index (κ2) is 0.954. The van der Waals surface area contributed by atoms with Crippen molar-refractivity contribution < 1.29 is 10.3 Å². The summed E-state index contributed by atoms with van der Waals surface area (Å²) in [4.78, 5) is 0. The fourth-order valence-electron chi connectivity index (χ4n) is 0.335.